The van der Waals surface area contributed by atoms with E-state index >= 15 is 0 Å². The number of anilines is 1. The van der Waals surface area contributed by atoms with Crippen LogP contribution in [0.2, 0.25) is 0 Å². The van der Waals surface area contributed by atoms with Crippen LogP contribution in [0.25, 0.3) is 0 Å². The molecule has 8 heteroatoms. The molecule has 1 aliphatic rings. The van der Waals surface area contributed by atoms with Gasteiger partial charge < -0.3 is 15.7 Å². The van der Waals surface area contributed by atoms with Crippen molar-refractivity contribution in [2.24, 2.45) is 0 Å². The number of hydrogen-bond acceptors (Lipinski definition) is 5. The highest BCUT2D eigenvalue weighted by atomic mass is 19.1. The Balaban J connectivity index is 1.72. The van der Waals surface area contributed by atoms with Crippen LogP contribution in [0.4, 0.5) is 10.1 Å². The second-order valence-electron chi connectivity index (χ2n) is 7.80. The third-order valence-corrected chi connectivity index (χ3v) is 5.59. The quantitative estimate of drug-likeness (QED) is 0.386. The first kappa shape index (κ1) is 23.7. The van der Waals surface area contributed by atoms with E-state index in [0.29, 0.717) is 29.8 Å². The second kappa shape index (κ2) is 11.6. The average molecular weight is 444 g/mol. The minimum atomic E-state index is -0.613. The Morgan fingerprint density at radius 1 is 1.16 bits per heavy atom. The summed E-state index contributed by atoms with van der Waals surface area (Å²) in [6, 6.07) is 11.6. The first-order valence-corrected chi connectivity index (χ1v) is 10.9. The Morgan fingerprint density at radius 3 is 2.62 bits per heavy atom. The topological polar surface area (TPSA) is 90.9 Å². The molecule has 172 valence electrons. The van der Waals surface area contributed by atoms with Crippen LogP contribution < -0.4 is 10.6 Å². The van der Waals surface area contributed by atoms with Crippen molar-refractivity contribution in [1.29, 1.82) is 0 Å². The highest BCUT2D eigenvalue weighted by molar-refractivity contribution is 5.99. The summed E-state index contributed by atoms with van der Waals surface area (Å²) in [6.45, 7) is 0.522. The van der Waals surface area contributed by atoms with Crippen LogP contribution in [0.3, 0.4) is 0 Å². The molecule has 0 aromatic heterocycles. The van der Waals surface area contributed by atoms with E-state index < -0.39 is 11.7 Å². The Kier molecular flexibility index (Phi) is 8.58. The first-order chi connectivity index (χ1) is 15.5. The normalized spacial score (nSPS) is 13.7. The molecule has 1 aliphatic carbocycles. The number of aliphatic hydroxyl groups excluding tert-OH is 1. The lowest BCUT2D eigenvalue weighted by Gasteiger charge is -2.27. The smallest absolute Gasteiger partial charge is 0.279 e. The third kappa shape index (κ3) is 5.83. The highest BCUT2D eigenvalue weighted by Gasteiger charge is 2.29. The molecule has 2 amide bonds. The molecule has 0 aliphatic heterocycles. The van der Waals surface area contributed by atoms with E-state index in [1.54, 1.807) is 18.2 Å². The fourth-order valence-electron chi connectivity index (χ4n) is 3.91. The lowest BCUT2D eigenvalue weighted by atomic mass is 10.1. The number of carbonyl (C=O) groups excluding carboxylic acids is 2. The summed E-state index contributed by atoms with van der Waals surface area (Å²) in [6.07, 6.45) is 4.41. The predicted octanol–water partition coefficient (Wildman–Crippen LogP) is 3.50. The van der Waals surface area contributed by atoms with Gasteiger partial charge in [-0.25, -0.2) is 9.45 Å². The molecule has 0 spiro atoms. The SMILES string of the molecule is CON(C(=O)c1ccccc1NCc1ccc(F)c(C(=O)NCCCO)c1)C1CCCC1. The average Bonchev–Trinajstić information content (AvgIpc) is 3.33. The van der Waals surface area contributed by atoms with Gasteiger partial charge in [0.15, 0.2) is 0 Å². The largest absolute Gasteiger partial charge is 0.396 e. The molecular weight excluding hydrogens is 413 g/mol. The van der Waals surface area contributed by atoms with E-state index in [1.165, 1.54) is 24.3 Å². The molecule has 0 heterocycles. The molecule has 1 saturated carbocycles. The number of amides is 2. The van der Waals surface area contributed by atoms with E-state index in [1.807, 2.05) is 12.1 Å². The monoisotopic (exact) mass is 443 g/mol. The fourth-order valence-corrected chi connectivity index (χ4v) is 3.91. The Morgan fingerprint density at radius 2 is 1.91 bits per heavy atom. The number of aliphatic hydroxyl groups is 1. The van der Waals surface area contributed by atoms with Crippen LogP contribution in [0, 0.1) is 5.82 Å². The number of carbonyl (C=O) groups is 2. The summed E-state index contributed by atoms with van der Waals surface area (Å²) in [4.78, 5) is 30.8. The van der Waals surface area contributed by atoms with Crippen molar-refractivity contribution in [3.63, 3.8) is 0 Å². The zero-order valence-electron chi connectivity index (χ0n) is 18.3. The number of nitrogens with zero attached hydrogens (tertiary/aromatic N) is 1. The van der Waals surface area contributed by atoms with Crippen LogP contribution in [-0.2, 0) is 11.4 Å². The maximum absolute atomic E-state index is 14.1. The maximum Gasteiger partial charge on any atom is 0.279 e. The van der Waals surface area contributed by atoms with Crippen LogP contribution in [0.1, 0.15) is 58.4 Å². The standard InChI is InChI=1S/C24H30FN3O4/c1-32-28(18-7-2-3-8-18)24(31)19-9-4-5-10-22(19)27-16-17-11-12-21(25)20(15-17)23(30)26-13-6-14-29/h4-5,9-12,15,18,27,29H,2-3,6-8,13-14,16H2,1H3,(H,26,30). The number of nitrogens with one attached hydrogen (secondary N) is 2. The molecule has 0 saturated heterocycles. The lowest BCUT2D eigenvalue weighted by molar-refractivity contribution is -0.121. The number of rotatable bonds is 10. The minimum Gasteiger partial charge on any atom is -0.396 e. The Labute approximate surface area is 187 Å². The van der Waals surface area contributed by atoms with Crippen LogP contribution in [-0.4, -0.2) is 48.3 Å². The molecule has 1 fully saturated rings. The second-order valence-corrected chi connectivity index (χ2v) is 7.80. The summed E-state index contributed by atoms with van der Waals surface area (Å²) >= 11 is 0. The van der Waals surface area contributed by atoms with Crippen molar-refractivity contribution in [1.82, 2.24) is 10.4 Å². The van der Waals surface area contributed by atoms with Gasteiger partial charge in [-0.05, 0) is 49.1 Å². The van der Waals surface area contributed by atoms with E-state index in [-0.39, 0.29) is 30.7 Å². The van der Waals surface area contributed by atoms with Crippen LogP contribution in [0.5, 0.6) is 0 Å². The molecule has 0 unspecified atom stereocenters. The van der Waals surface area contributed by atoms with Crippen molar-refractivity contribution in [3.8, 4) is 0 Å². The van der Waals surface area contributed by atoms with Gasteiger partial charge in [-0.2, -0.15) is 0 Å². The van der Waals surface area contributed by atoms with Gasteiger partial charge in [0.25, 0.3) is 11.8 Å². The van der Waals surface area contributed by atoms with Crippen LogP contribution in [0.15, 0.2) is 42.5 Å². The van der Waals surface area contributed by atoms with Gasteiger partial charge in [0.1, 0.15) is 5.82 Å². The van der Waals surface area contributed by atoms with Crippen molar-refractivity contribution < 1.29 is 23.9 Å². The van der Waals surface area contributed by atoms with Crippen molar-refractivity contribution in [2.75, 3.05) is 25.6 Å². The van der Waals surface area contributed by atoms with E-state index in [0.717, 1.165) is 25.7 Å². The molecular formula is C24H30FN3O4. The van der Waals surface area contributed by atoms with Crippen molar-refractivity contribution in [2.45, 2.75) is 44.7 Å². The molecule has 2 aromatic carbocycles. The first-order valence-electron chi connectivity index (χ1n) is 10.9. The Hall–Kier alpha value is -2.97. The number of para-hydroxylation sites is 1. The molecule has 32 heavy (non-hydrogen) atoms. The van der Waals surface area contributed by atoms with Gasteiger partial charge in [-0.3, -0.25) is 14.4 Å². The lowest BCUT2D eigenvalue weighted by Crippen LogP contribution is -2.38. The minimum absolute atomic E-state index is 0.0495. The summed E-state index contributed by atoms with van der Waals surface area (Å²) in [5.74, 6) is -1.34. The Bertz CT molecular complexity index is 931. The van der Waals surface area contributed by atoms with Crippen molar-refractivity contribution in [3.05, 3.63) is 65.0 Å². The number of hydrogen-bond donors (Lipinski definition) is 3. The molecule has 3 N–H and O–H groups in total. The summed E-state index contributed by atoms with van der Waals surface area (Å²) < 4.78 is 14.1. The zero-order chi connectivity index (χ0) is 22.9. The molecule has 2 aromatic rings. The van der Waals surface area contributed by atoms with Gasteiger partial charge in [-0.15, -0.1) is 0 Å². The molecule has 3 rings (SSSR count). The molecule has 0 bridgehead atoms. The third-order valence-electron chi connectivity index (χ3n) is 5.59. The van der Waals surface area contributed by atoms with Gasteiger partial charge >= 0.3 is 0 Å². The predicted molar refractivity (Wildman–Crippen MR) is 120 cm³/mol. The van der Waals surface area contributed by atoms with E-state index in [9.17, 15) is 14.0 Å². The number of hydroxylamine groups is 2. The number of halogens is 1. The number of benzene rings is 2. The molecule has 0 atom stereocenters. The highest BCUT2D eigenvalue weighted by Crippen LogP contribution is 2.27. The van der Waals surface area contributed by atoms with E-state index in [4.69, 9.17) is 9.94 Å². The van der Waals surface area contributed by atoms with Gasteiger partial charge in [0.2, 0.25) is 0 Å². The van der Waals surface area contributed by atoms with Crippen LogP contribution >= 0.6 is 0 Å². The van der Waals surface area contributed by atoms with E-state index in [2.05, 4.69) is 10.6 Å². The van der Waals surface area contributed by atoms with Gasteiger partial charge in [-0.1, -0.05) is 31.0 Å². The summed E-state index contributed by atoms with van der Waals surface area (Å²) in [5, 5.41) is 16.1. The van der Waals surface area contributed by atoms with Gasteiger partial charge in [0.05, 0.1) is 24.3 Å². The van der Waals surface area contributed by atoms with Gasteiger partial charge in [0, 0.05) is 25.4 Å². The molecule has 0 radical (unpaired) electrons. The maximum atomic E-state index is 14.1. The molecule has 7 nitrogen and oxygen atoms in total. The zero-order valence-corrected chi connectivity index (χ0v) is 18.3. The fraction of sp³-hybridized carbons (Fsp3) is 0.417. The summed E-state index contributed by atoms with van der Waals surface area (Å²) in [7, 11) is 1.51. The summed E-state index contributed by atoms with van der Waals surface area (Å²) in [5.41, 5.74) is 1.76. The van der Waals surface area contributed by atoms with Crippen molar-refractivity contribution >= 4 is 17.5 Å².